The van der Waals surface area contributed by atoms with Gasteiger partial charge < -0.3 is 25.2 Å². The van der Waals surface area contributed by atoms with Crippen LogP contribution in [0.3, 0.4) is 0 Å². The molecule has 25 heavy (non-hydrogen) atoms. The first-order valence-corrected chi connectivity index (χ1v) is 8.06. The molecule has 6 nitrogen and oxygen atoms in total. The Morgan fingerprint density at radius 2 is 1.76 bits per heavy atom. The first kappa shape index (κ1) is 18.6. The Kier molecular flexibility index (Phi) is 7.10. The van der Waals surface area contributed by atoms with Crippen molar-refractivity contribution in [3.63, 3.8) is 0 Å². The standard InChI is InChI=1S/C19H24N2O4/c1-24-17-9-8-15(11-18(17)25-2)12-20-19(23)21-16(13-22)10-14-6-4-3-5-7-14/h3-9,11,16,22H,10,12-13H2,1-2H3,(H2,20,21,23). The van der Waals surface area contributed by atoms with Crippen LogP contribution in [0, 0.1) is 0 Å². The highest BCUT2D eigenvalue weighted by atomic mass is 16.5. The molecule has 2 aromatic rings. The Balaban J connectivity index is 1.87. The minimum Gasteiger partial charge on any atom is -0.493 e. The van der Waals surface area contributed by atoms with Gasteiger partial charge in [0, 0.05) is 6.54 Å². The number of carbonyl (C=O) groups is 1. The highest BCUT2D eigenvalue weighted by molar-refractivity contribution is 5.74. The maximum absolute atomic E-state index is 12.1. The Morgan fingerprint density at radius 1 is 1.04 bits per heavy atom. The fourth-order valence-corrected chi connectivity index (χ4v) is 2.47. The summed E-state index contributed by atoms with van der Waals surface area (Å²) in [6, 6.07) is 14.5. The summed E-state index contributed by atoms with van der Waals surface area (Å²) in [6.07, 6.45) is 0.571. The molecule has 0 bridgehead atoms. The van der Waals surface area contributed by atoms with Gasteiger partial charge in [-0.2, -0.15) is 0 Å². The van der Waals surface area contributed by atoms with E-state index in [1.54, 1.807) is 20.3 Å². The van der Waals surface area contributed by atoms with Crippen LogP contribution >= 0.6 is 0 Å². The number of methoxy groups -OCH3 is 2. The van der Waals surface area contributed by atoms with Gasteiger partial charge in [0.2, 0.25) is 0 Å². The Bertz CT molecular complexity index is 676. The number of hydrogen-bond acceptors (Lipinski definition) is 4. The van der Waals surface area contributed by atoms with Crippen LogP contribution < -0.4 is 20.1 Å². The molecule has 0 aromatic heterocycles. The molecule has 0 aliphatic carbocycles. The predicted molar refractivity (Wildman–Crippen MR) is 95.9 cm³/mol. The molecular formula is C19H24N2O4. The van der Waals surface area contributed by atoms with Gasteiger partial charge in [0.25, 0.3) is 0 Å². The van der Waals surface area contributed by atoms with Crippen LogP contribution in [0.25, 0.3) is 0 Å². The molecule has 0 radical (unpaired) electrons. The van der Waals surface area contributed by atoms with E-state index in [0.717, 1.165) is 11.1 Å². The van der Waals surface area contributed by atoms with Gasteiger partial charge in [-0.05, 0) is 29.7 Å². The zero-order chi connectivity index (χ0) is 18.1. The molecule has 0 aliphatic heterocycles. The Morgan fingerprint density at radius 3 is 2.40 bits per heavy atom. The fourth-order valence-electron chi connectivity index (χ4n) is 2.47. The molecule has 0 saturated carbocycles. The zero-order valence-corrected chi connectivity index (χ0v) is 14.5. The van der Waals surface area contributed by atoms with Crippen LogP contribution in [0.4, 0.5) is 4.79 Å². The molecule has 0 heterocycles. The summed E-state index contributed by atoms with van der Waals surface area (Å²) in [6.45, 7) is 0.217. The van der Waals surface area contributed by atoms with Crippen LogP contribution in [0.1, 0.15) is 11.1 Å². The van der Waals surface area contributed by atoms with E-state index in [-0.39, 0.29) is 18.7 Å². The highest BCUT2D eigenvalue weighted by Crippen LogP contribution is 2.27. The molecule has 0 fully saturated rings. The summed E-state index contributed by atoms with van der Waals surface area (Å²) >= 11 is 0. The predicted octanol–water partition coefficient (Wildman–Crippen LogP) is 2.11. The number of aliphatic hydroxyl groups is 1. The van der Waals surface area contributed by atoms with Crippen molar-refractivity contribution < 1.29 is 19.4 Å². The van der Waals surface area contributed by atoms with Gasteiger partial charge >= 0.3 is 6.03 Å². The van der Waals surface area contributed by atoms with Crippen molar-refractivity contribution >= 4 is 6.03 Å². The number of benzene rings is 2. The van der Waals surface area contributed by atoms with E-state index in [9.17, 15) is 9.90 Å². The molecule has 0 spiro atoms. The van der Waals surface area contributed by atoms with Gasteiger partial charge in [-0.15, -0.1) is 0 Å². The van der Waals surface area contributed by atoms with Crippen LogP contribution in [0.5, 0.6) is 11.5 Å². The van der Waals surface area contributed by atoms with E-state index in [1.165, 1.54) is 0 Å². The molecule has 1 unspecified atom stereocenters. The van der Waals surface area contributed by atoms with Crippen molar-refractivity contribution in [2.75, 3.05) is 20.8 Å². The molecule has 2 rings (SSSR count). The quantitative estimate of drug-likeness (QED) is 0.685. The zero-order valence-electron chi connectivity index (χ0n) is 14.5. The van der Waals surface area contributed by atoms with Gasteiger partial charge in [0.05, 0.1) is 26.9 Å². The number of amides is 2. The normalized spacial score (nSPS) is 11.5. The number of hydrogen-bond donors (Lipinski definition) is 3. The third-order valence-electron chi connectivity index (χ3n) is 3.78. The minimum atomic E-state index is -0.340. The lowest BCUT2D eigenvalue weighted by Crippen LogP contribution is -2.44. The fraction of sp³-hybridized carbons (Fsp3) is 0.316. The molecule has 2 aromatic carbocycles. The van der Waals surface area contributed by atoms with Crippen molar-refractivity contribution in [2.45, 2.75) is 19.0 Å². The smallest absolute Gasteiger partial charge is 0.315 e. The van der Waals surface area contributed by atoms with E-state index in [1.807, 2.05) is 42.5 Å². The van der Waals surface area contributed by atoms with Crippen LogP contribution in [-0.4, -0.2) is 38.0 Å². The molecular weight excluding hydrogens is 320 g/mol. The third-order valence-corrected chi connectivity index (χ3v) is 3.78. The average molecular weight is 344 g/mol. The first-order chi connectivity index (χ1) is 12.2. The molecule has 3 N–H and O–H groups in total. The second kappa shape index (κ2) is 9.54. The number of carbonyl (C=O) groups excluding carboxylic acids is 1. The van der Waals surface area contributed by atoms with Crippen LogP contribution in [0.15, 0.2) is 48.5 Å². The SMILES string of the molecule is COc1ccc(CNC(=O)NC(CO)Cc2ccccc2)cc1OC. The summed E-state index contributed by atoms with van der Waals surface area (Å²) in [5.41, 5.74) is 1.94. The van der Waals surface area contributed by atoms with Crippen LogP contribution in [-0.2, 0) is 13.0 Å². The van der Waals surface area contributed by atoms with Gasteiger partial charge in [0.1, 0.15) is 0 Å². The number of rotatable bonds is 8. The van der Waals surface area contributed by atoms with E-state index in [4.69, 9.17) is 9.47 Å². The number of nitrogens with one attached hydrogen (secondary N) is 2. The van der Waals surface area contributed by atoms with Gasteiger partial charge in [-0.25, -0.2) is 4.79 Å². The molecule has 0 saturated heterocycles. The third kappa shape index (κ3) is 5.69. The Hall–Kier alpha value is -2.73. The lowest BCUT2D eigenvalue weighted by atomic mass is 10.1. The number of urea groups is 1. The van der Waals surface area contributed by atoms with Crippen molar-refractivity contribution in [1.29, 1.82) is 0 Å². The van der Waals surface area contributed by atoms with E-state index < -0.39 is 0 Å². The van der Waals surface area contributed by atoms with Crippen molar-refractivity contribution in [1.82, 2.24) is 10.6 Å². The molecule has 1 atom stereocenters. The van der Waals surface area contributed by atoms with Gasteiger partial charge in [-0.3, -0.25) is 0 Å². The maximum atomic E-state index is 12.1. The largest absolute Gasteiger partial charge is 0.493 e. The monoisotopic (exact) mass is 344 g/mol. The van der Waals surface area contributed by atoms with Gasteiger partial charge in [-0.1, -0.05) is 36.4 Å². The highest BCUT2D eigenvalue weighted by Gasteiger charge is 2.12. The molecule has 6 heteroatoms. The van der Waals surface area contributed by atoms with Crippen molar-refractivity contribution in [3.05, 3.63) is 59.7 Å². The number of ether oxygens (including phenoxy) is 2. The summed E-state index contributed by atoms with van der Waals surface area (Å²) < 4.78 is 10.4. The van der Waals surface area contributed by atoms with Crippen LogP contribution in [0.2, 0.25) is 0 Å². The summed E-state index contributed by atoms with van der Waals surface area (Å²) in [5, 5.41) is 15.0. The lowest BCUT2D eigenvalue weighted by molar-refractivity contribution is 0.215. The van der Waals surface area contributed by atoms with Crippen molar-refractivity contribution in [2.24, 2.45) is 0 Å². The van der Waals surface area contributed by atoms with E-state index >= 15 is 0 Å². The first-order valence-electron chi connectivity index (χ1n) is 8.06. The summed E-state index contributed by atoms with van der Waals surface area (Å²) in [4.78, 5) is 12.1. The maximum Gasteiger partial charge on any atom is 0.315 e. The topological polar surface area (TPSA) is 79.8 Å². The molecule has 0 aliphatic rings. The van der Waals surface area contributed by atoms with E-state index in [2.05, 4.69) is 10.6 Å². The minimum absolute atomic E-state index is 0.126. The Labute approximate surface area is 147 Å². The molecule has 2 amide bonds. The second-order valence-corrected chi connectivity index (χ2v) is 5.59. The second-order valence-electron chi connectivity index (χ2n) is 5.59. The van der Waals surface area contributed by atoms with Gasteiger partial charge in [0.15, 0.2) is 11.5 Å². The summed E-state index contributed by atoms with van der Waals surface area (Å²) in [5.74, 6) is 1.25. The average Bonchev–Trinajstić information content (AvgIpc) is 2.66. The number of aliphatic hydroxyl groups excluding tert-OH is 1. The van der Waals surface area contributed by atoms with E-state index in [0.29, 0.717) is 24.5 Å². The summed E-state index contributed by atoms with van der Waals surface area (Å²) in [7, 11) is 3.14. The lowest BCUT2D eigenvalue weighted by Gasteiger charge is -2.17. The molecule has 134 valence electrons. The van der Waals surface area contributed by atoms with Crippen molar-refractivity contribution in [3.8, 4) is 11.5 Å².